The number of unbranched alkanes of at least 4 members (excludes halogenated alkanes) is 1. The number of hydrogen-bond donors (Lipinski definition) is 1. The molecule has 0 radical (unpaired) electrons. The molecule has 1 heteroatoms. The summed E-state index contributed by atoms with van der Waals surface area (Å²) in [5.74, 6) is 2.47. The minimum Gasteiger partial charge on any atom is -0.508 e. The minimum atomic E-state index is 0.386. The molecule has 0 unspecified atom stereocenters. The molecule has 4 rings (SSSR count). The number of allylic oxidation sites excluding steroid dienone is 3. The second kappa shape index (κ2) is 5.54. The molecule has 1 fully saturated rings. The molecule has 0 heterocycles. The molecule has 4 atom stereocenters. The molecule has 3 aliphatic rings. The number of phenolic OH excluding ortho intramolecular Hbond substituents is 1. The van der Waals surface area contributed by atoms with E-state index < -0.39 is 0 Å². The zero-order chi connectivity index (χ0) is 16.0. The van der Waals surface area contributed by atoms with Gasteiger partial charge in [0.1, 0.15) is 5.75 Å². The van der Waals surface area contributed by atoms with Gasteiger partial charge in [-0.2, -0.15) is 0 Å². The van der Waals surface area contributed by atoms with E-state index in [1.807, 2.05) is 12.1 Å². The Hall–Kier alpha value is -1.50. The highest BCUT2D eigenvalue weighted by Gasteiger charge is 2.50. The van der Waals surface area contributed by atoms with E-state index >= 15 is 0 Å². The number of hydrogen-bond acceptors (Lipinski definition) is 1. The Kier molecular flexibility index (Phi) is 3.63. The summed E-state index contributed by atoms with van der Waals surface area (Å²) >= 11 is 0. The monoisotopic (exact) mass is 308 g/mol. The fourth-order valence-electron chi connectivity index (χ4n) is 5.50. The SMILES string of the molecule is CCCCC1=CC[C@H]2[C@@H]3C=Cc4cc(O)ccc4[C@H]3CC[C@]12C. The zero-order valence-corrected chi connectivity index (χ0v) is 14.4. The van der Waals surface area contributed by atoms with Crippen molar-refractivity contribution in [2.45, 2.75) is 58.3 Å². The van der Waals surface area contributed by atoms with E-state index in [9.17, 15) is 5.11 Å². The molecule has 1 N–H and O–H groups in total. The molecule has 23 heavy (non-hydrogen) atoms. The van der Waals surface area contributed by atoms with Gasteiger partial charge in [0, 0.05) is 0 Å². The smallest absolute Gasteiger partial charge is 0.116 e. The van der Waals surface area contributed by atoms with Crippen LogP contribution in [0.4, 0.5) is 0 Å². The van der Waals surface area contributed by atoms with E-state index in [-0.39, 0.29) is 0 Å². The fraction of sp³-hybridized carbons (Fsp3) is 0.545. The molecule has 122 valence electrons. The molecule has 1 saturated carbocycles. The predicted molar refractivity (Wildman–Crippen MR) is 96.4 cm³/mol. The maximum Gasteiger partial charge on any atom is 0.116 e. The van der Waals surface area contributed by atoms with Crippen LogP contribution in [-0.2, 0) is 0 Å². The highest BCUT2D eigenvalue weighted by molar-refractivity contribution is 5.61. The van der Waals surface area contributed by atoms with E-state index in [1.54, 1.807) is 5.57 Å². The molecule has 0 aliphatic heterocycles. The summed E-state index contributed by atoms with van der Waals surface area (Å²) in [6.07, 6.45) is 15.1. The molecular weight excluding hydrogens is 280 g/mol. The van der Waals surface area contributed by atoms with Crippen molar-refractivity contribution in [3.05, 3.63) is 47.1 Å². The predicted octanol–water partition coefficient (Wildman–Crippen LogP) is 6.06. The molecule has 0 aromatic heterocycles. The number of aromatic hydroxyl groups is 1. The first kappa shape index (κ1) is 15.1. The fourth-order valence-corrected chi connectivity index (χ4v) is 5.50. The van der Waals surface area contributed by atoms with Crippen molar-refractivity contribution in [1.82, 2.24) is 0 Å². The lowest BCUT2D eigenvalue weighted by Crippen LogP contribution is -2.39. The van der Waals surface area contributed by atoms with Crippen molar-refractivity contribution in [2.75, 3.05) is 0 Å². The second-order valence-corrected chi connectivity index (χ2v) is 7.99. The molecule has 0 bridgehead atoms. The Morgan fingerprint density at radius 2 is 2.17 bits per heavy atom. The summed E-state index contributed by atoms with van der Waals surface area (Å²) in [6.45, 7) is 4.82. The highest BCUT2D eigenvalue weighted by atomic mass is 16.3. The summed E-state index contributed by atoms with van der Waals surface area (Å²) in [4.78, 5) is 0. The Labute approximate surface area is 140 Å². The lowest BCUT2D eigenvalue weighted by molar-refractivity contribution is 0.111. The third-order valence-corrected chi connectivity index (χ3v) is 6.84. The first-order chi connectivity index (χ1) is 11.1. The maximum atomic E-state index is 9.75. The second-order valence-electron chi connectivity index (χ2n) is 7.99. The Bertz CT molecular complexity index is 669. The van der Waals surface area contributed by atoms with E-state index in [0.717, 1.165) is 5.92 Å². The molecule has 0 amide bonds. The van der Waals surface area contributed by atoms with Gasteiger partial charge in [0.05, 0.1) is 0 Å². The van der Waals surface area contributed by atoms with Crippen LogP contribution in [0.15, 0.2) is 35.9 Å². The van der Waals surface area contributed by atoms with Crippen molar-refractivity contribution in [3.8, 4) is 5.75 Å². The summed E-state index contributed by atoms with van der Waals surface area (Å²) in [5.41, 5.74) is 4.86. The summed E-state index contributed by atoms with van der Waals surface area (Å²) < 4.78 is 0. The van der Waals surface area contributed by atoms with Crippen LogP contribution < -0.4 is 0 Å². The Morgan fingerprint density at radius 3 is 3.00 bits per heavy atom. The van der Waals surface area contributed by atoms with Crippen molar-refractivity contribution >= 4 is 6.08 Å². The van der Waals surface area contributed by atoms with E-state index in [4.69, 9.17) is 0 Å². The molecule has 1 nitrogen and oxygen atoms in total. The number of rotatable bonds is 3. The van der Waals surface area contributed by atoms with Gasteiger partial charge in [-0.05, 0) is 78.5 Å². The average molecular weight is 308 g/mol. The molecular formula is C22H28O. The first-order valence-corrected chi connectivity index (χ1v) is 9.34. The van der Waals surface area contributed by atoms with Gasteiger partial charge in [-0.15, -0.1) is 0 Å². The van der Waals surface area contributed by atoms with Crippen molar-refractivity contribution in [3.63, 3.8) is 0 Å². The molecule has 3 aliphatic carbocycles. The van der Waals surface area contributed by atoms with Gasteiger partial charge in [-0.25, -0.2) is 0 Å². The van der Waals surface area contributed by atoms with Gasteiger partial charge >= 0.3 is 0 Å². The quantitative estimate of drug-likeness (QED) is 0.673. The Morgan fingerprint density at radius 1 is 1.30 bits per heavy atom. The van der Waals surface area contributed by atoms with Crippen molar-refractivity contribution in [1.29, 1.82) is 0 Å². The maximum absolute atomic E-state index is 9.75. The number of phenols is 1. The highest BCUT2D eigenvalue weighted by Crippen LogP contribution is 2.61. The summed E-state index contributed by atoms with van der Waals surface area (Å²) in [7, 11) is 0. The van der Waals surface area contributed by atoms with Gasteiger partial charge in [-0.3, -0.25) is 0 Å². The van der Waals surface area contributed by atoms with Gasteiger partial charge < -0.3 is 5.11 Å². The zero-order valence-electron chi connectivity index (χ0n) is 14.4. The van der Waals surface area contributed by atoms with E-state index in [1.165, 1.54) is 49.7 Å². The van der Waals surface area contributed by atoms with E-state index in [2.05, 4.69) is 38.1 Å². The third kappa shape index (κ3) is 2.28. The summed E-state index contributed by atoms with van der Waals surface area (Å²) in [5, 5.41) is 9.75. The van der Waals surface area contributed by atoms with Crippen molar-refractivity contribution < 1.29 is 5.11 Å². The molecule has 1 aromatic carbocycles. The molecule has 1 aromatic rings. The number of fused-ring (bicyclic) bond motifs is 5. The minimum absolute atomic E-state index is 0.386. The summed E-state index contributed by atoms with van der Waals surface area (Å²) in [6, 6.07) is 5.95. The van der Waals surface area contributed by atoms with Crippen LogP contribution in [0, 0.1) is 17.3 Å². The standard InChI is InChI=1S/C22H28O/c1-3-4-5-16-7-11-21-20-9-6-15-14-17(23)8-10-18(15)19(20)12-13-22(16,21)2/h6-10,14,19-21,23H,3-5,11-13H2,1-2H3/t19-,20-,21+,22-/m1/s1. The molecule has 0 saturated heterocycles. The Balaban J connectivity index is 1.63. The number of benzene rings is 1. The van der Waals surface area contributed by atoms with Crippen LogP contribution in [0.25, 0.3) is 6.08 Å². The lowest BCUT2D eigenvalue weighted by Gasteiger charge is -2.48. The van der Waals surface area contributed by atoms with Crippen LogP contribution in [0.2, 0.25) is 0 Å². The topological polar surface area (TPSA) is 20.2 Å². The first-order valence-electron chi connectivity index (χ1n) is 9.34. The lowest BCUT2D eigenvalue weighted by atomic mass is 9.55. The van der Waals surface area contributed by atoms with E-state index in [0.29, 0.717) is 23.0 Å². The third-order valence-electron chi connectivity index (χ3n) is 6.84. The van der Waals surface area contributed by atoms with Gasteiger partial charge in [0.15, 0.2) is 0 Å². The van der Waals surface area contributed by atoms with Gasteiger partial charge in [-0.1, -0.05) is 50.1 Å². The van der Waals surface area contributed by atoms with Crippen LogP contribution in [0.3, 0.4) is 0 Å². The van der Waals surface area contributed by atoms with Crippen LogP contribution in [0.1, 0.15) is 69.4 Å². The van der Waals surface area contributed by atoms with Gasteiger partial charge in [0.25, 0.3) is 0 Å². The van der Waals surface area contributed by atoms with Crippen molar-refractivity contribution in [2.24, 2.45) is 17.3 Å². The largest absolute Gasteiger partial charge is 0.508 e. The average Bonchev–Trinajstić information content (AvgIpc) is 2.89. The van der Waals surface area contributed by atoms with Crippen LogP contribution >= 0.6 is 0 Å². The van der Waals surface area contributed by atoms with Crippen LogP contribution in [0.5, 0.6) is 5.75 Å². The normalized spacial score (nSPS) is 34.5. The van der Waals surface area contributed by atoms with Gasteiger partial charge in [0.2, 0.25) is 0 Å². The van der Waals surface area contributed by atoms with Crippen LogP contribution in [-0.4, -0.2) is 5.11 Å². The molecule has 0 spiro atoms.